The molecule has 1 atom stereocenters. The molecular formula is C14H27O3-. The van der Waals surface area contributed by atoms with Gasteiger partial charge in [0.05, 0.1) is 6.10 Å². The van der Waals surface area contributed by atoms with E-state index in [9.17, 15) is 15.0 Å². The molecule has 1 unspecified atom stereocenters. The molecule has 0 radical (unpaired) electrons. The van der Waals surface area contributed by atoms with Gasteiger partial charge in [-0.05, 0) is 25.7 Å². The van der Waals surface area contributed by atoms with Crippen molar-refractivity contribution in [3.05, 3.63) is 0 Å². The van der Waals surface area contributed by atoms with Crippen LogP contribution in [-0.4, -0.2) is 17.2 Å². The highest BCUT2D eigenvalue weighted by Gasteiger charge is 2.02. The van der Waals surface area contributed by atoms with E-state index >= 15 is 0 Å². The van der Waals surface area contributed by atoms with Crippen LogP contribution in [0.1, 0.15) is 77.6 Å². The van der Waals surface area contributed by atoms with E-state index in [1.165, 1.54) is 12.8 Å². The lowest BCUT2D eigenvalue weighted by atomic mass is 10.0. The minimum atomic E-state index is -0.948. The molecule has 17 heavy (non-hydrogen) atoms. The van der Waals surface area contributed by atoms with Crippen LogP contribution >= 0.6 is 0 Å². The summed E-state index contributed by atoms with van der Waals surface area (Å²) in [6, 6.07) is 0. The molecule has 0 aliphatic carbocycles. The molecule has 0 aliphatic heterocycles. The zero-order chi connectivity index (χ0) is 12.9. The topological polar surface area (TPSA) is 60.4 Å². The van der Waals surface area contributed by atoms with Crippen molar-refractivity contribution < 1.29 is 15.0 Å². The van der Waals surface area contributed by atoms with Crippen molar-refractivity contribution in [2.45, 2.75) is 83.7 Å². The SMILES string of the molecule is CCCCCC(O)CCCCCCCC(=O)[O-]. The zero-order valence-electron chi connectivity index (χ0n) is 11.1. The maximum atomic E-state index is 10.2. The summed E-state index contributed by atoms with van der Waals surface area (Å²) in [5, 5.41) is 19.8. The number of carboxylic acids is 1. The van der Waals surface area contributed by atoms with Crippen molar-refractivity contribution in [1.29, 1.82) is 0 Å². The lowest BCUT2D eigenvalue weighted by Gasteiger charge is -2.09. The smallest absolute Gasteiger partial charge is 0.0540 e. The van der Waals surface area contributed by atoms with Crippen LogP contribution in [-0.2, 0) is 4.79 Å². The average molecular weight is 243 g/mol. The number of aliphatic carboxylic acids is 1. The van der Waals surface area contributed by atoms with E-state index in [4.69, 9.17) is 0 Å². The highest BCUT2D eigenvalue weighted by molar-refractivity contribution is 5.63. The van der Waals surface area contributed by atoms with Crippen LogP contribution in [0, 0.1) is 0 Å². The van der Waals surface area contributed by atoms with Gasteiger partial charge in [0.2, 0.25) is 0 Å². The summed E-state index contributed by atoms with van der Waals surface area (Å²) in [5.74, 6) is -0.948. The van der Waals surface area contributed by atoms with Gasteiger partial charge in [0, 0.05) is 5.97 Å². The van der Waals surface area contributed by atoms with Crippen LogP contribution in [0.4, 0.5) is 0 Å². The van der Waals surface area contributed by atoms with Gasteiger partial charge in [-0.1, -0.05) is 51.9 Å². The fourth-order valence-electron chi connectivity index (χ4n) is 1.95. The molecular weight excluding hydrogens is 216 g/mol. The molecule has 3 nitrogen and oxygen atoms in total. The minimum absolute atomic E-state index is 0.134. The third-order valence-electron chi connectivity index (χ3n) is 3.06. The number of unbranched alkanes of at least 4 members (excludes halogenated alkanes) is 6. The molecule has 0 heterocycles. The number of carbonyl (C=O) groups excluding carboxylic acids is 1. The third kappa shape index (κ3) is 13.4. The van der Waals surface area contributed by atoms with E-state index in [2.05, 4.69) is 6.92 Å². The Labute approximate surface area is 105 Å². The first-order chi connectivity index (χ1) is 8.16. The van der Waals surface area contributed by atoms with Crippen molar-refractivity contribution in [3.8, 4) is 0 Å². The van der Waals surface area contributed by atoms with E-state index in [1.54, 1.807) is 0 Å². The molecule has 0 aromatic heterocycles. The Morgan fingerprint density at radius 1 is 1.00 bits per heavy atom. The molecule has 0 fully saturated rings. The largest absolute Gasteiger partial charge is 0.550 e. The van der Waals surface area contributed by atoms with Gasteiger partial charge >= 0.3 is 0 Å². The Balaban J connectivity index is 3.13. The summed E-state index contributed by atoms with van der Waals surface area (Å²) < 4.78 is 0. The maximum Gasteiger partial charge on any atom is 0.0540 e. The first kappa shape index (κ1) is 16.4. The van der Waals surface area contributed by atoms with E-state index < -0.39 is 5.97 Å². The summed E-state index contributed by atoms with van der Waals surface area (Å²) in [4.78, 5) is 10.2. The first-order valence-electron chi connectivity index (χ1n) is 7.04. The van der Waals surface area contributed by atoms with E-state index in [0.29, 0.717) is 0 Å². The summed E-state index contributed by atoms with van der Waals surface area (Å²) in [5.41, 5.74) is 0. The molecule has 0 saturated heterocycles. The van der Waals surface area contributed by atoms with Crippen molar-refractivity contribution in [1.82, 2.24) is 0 Å². The predicted molar refractivity (Wildman–Crippen MR) is 67.5 cm³/mol. The van der Waals surface area contributed by atoms with Gasteiger partial charge in [0.1, 0.15) is 0 Å². The zero-order valence-corrected chi connectivity index (χ0v) is 11.1. The second kappa shape index (κ2) is 11.9. The first-order valence-corrected chi connectivity index (χ1v) is 7.04. The van der Waals surface area contributed by atoms with E-state index in [0.717, 1.165) is 51.4 Å². The highest BCUT2D eigenvalue weighted by Crippen LogP contribution is 2.12. The average Bonchev–Trinajstić information content (AvgIpc) is 2.28. The second-order valence-corrected chi connectivity index (χ2v) is 4.83. The number of carboxylic acid groups (broad SMARTS) is 1. The molecule has 0 spiro atoms. The van der Waals surface area contributed by atoms with Gasteiger partial charge in [0.15, 0.2) is 0 Å². The van der Waals surface area contributed by atoms with Gasteiger partial charge < -0.3 is 15.0 Å². The quantitative estimate of drug-likeness (QED) is 0.535. The van der Waals surface area contributed by atoms with Crippen molar-refractivity contribution >= 4 is 5.97 Å². The Kier molecular flexibility index (Phi) is 11.5. The normalized spacial score (nSPS) is 12.6. The summed E-state index contributed by atoms with van der Waals surface area (Å²) in [6.07, 6.45) is 10.3. The number of rotatable bonds is 12. The van der Waals surface area contributed by atoms with E-state index in [-0.39, 0.29) is 12.5 Å². The van der Waals surface area contributed by atoms with Gasteiger partial charge in [0.25, 0.3) is 0 Å². The number of carbonyl (C=O) groups is 1. The maximum absolute atomic E-state index is 10.2. The van der Waals surface area contributed by atoms with Crippen LogP contribution in [0.15, 0.2) is 0 Å². The third-order valence-corrected chi connectivity index (χ3v) is 3.06. The van der Waals surface area contributed by atoms with Crippen LogP contribution in [0.25, 0.3) is 0 Å². The summed E-state index contributed by atoms with van der Waals surface area (Å²) in [6.45, 7) is 2.17. The Hall–Kier alpha value is -0.570. The van der Waals surface area contributed by atoms with Crippen LogP contribution in [0.5, 0.6) is 0 Å². The van der Waals surface area contributed by atoms with Gasteiger partial charge in [-0.3, -0.25) is 0 Å². The summed E-state index contributed by atoms with van der Waals surface area (Å²) >= 11 is 0. The van der Waals surface area contributed by atoms with Gasteiger partial charge in [-0.2, -0.15) is 0 Å². The second-order valence-electron chi connectivity index (χ2n) is 4.83. The molecule has 0 amide bonds. The fourth-order valence-corrected chi connectivity index (χ4v) is 1.95. The molecule has 0 saturated carbocycles. The fraction of sp³-hybridized carbons (Fsp3) is 0.929. The van der Waals surface area contributed by atoms with Gasteiger partial charge in [-0.25, -0.2) is 0 Å². The molecule has 1 N–H and O–H groups in total. The molecule has 102 valence electrons. The van der Waals surface area contributed by atoms with Crippen molar-refractivity contribution in [3.63, 3.8) is 0 Å². The highest BCUT2D eigenvalue weighted by atomic mass is 16.4. The van der Waals surface area contributed by atoms with Crippen molar-refractivity contribution in [2.24, 2.45) is 0 Å². The lowest BCUT2D eigenvalue weighted by Crippen LogP contribution is -2.21. The Bertz CT molecular complexity index is 180. The number of hydrogen-bond donors (Lipinski definition) is 1. The number of aliphatic hydroxyl groups is 1. The monoisotopic (exact) mass is 243 g/mol. The van der Waals surface area contributed by atoms with Crippen LogP contribution in [0.3, 0.4) is 0 Å². The predicted octanol–water partition coefficient (Wildman–Crippen LogP) is 2.41. The molecule has 0 aliphatic rings. The van der Waals surface area contributed by atoms with Crippen LogP contribution in [0.2, 0.25) is 0 Å². The standard InChI is InChI=1S/C14H28O3/c1-2-3-7-10-13(15)11-8-5-4-6-9-12-14(16)17/h13,15H,2-12H2,1H3,(H,16,17)/p-1. The molecule has 0 aromatic carbocycles. The number of hydrogen-bond acceptors (Lipinski definition) is 3. The molecule has 0 rings (SSSR count). The van der Waals surface area contributed by atoms with E-state index in [1.807, 2.05) is 0 Å². The molecule has 3 heteroatoms. The summed E-state index contributed by atoms with van der Waals surface area (Å²) in [7, 11) is 0. The van der Waals surface area contributed by atoms with Crippen LogP contribution < -0.4 is 5.11 Å². The number of aliphatic hydroxyl groups excluding tert-OH is 1. The molecule has 0 bridgehead atoms. The van der Waals surface area contributed by atoms with Gasteiger partial charge in [-0.15, -0.1) is 0 Å². The Morgan fingerprint density at radius 3 is 2.12 bits per heavy atom. The minimum Gasteiger partial charge on any atom is -0.550 e. The van der Waals surface area contributed by atoms with Crippen molar-refractivity contribution in [2.75, 3.05) is 0 Å². The lowest BCUT2D eigenvalue weighted by molar-refractivity contribution is -0.305. The molecule has 0 aromatic rings. The Morgan fingerprint density at radius 2 is 1.53 bits per heavy atom.